The van der Waals surface area contributed by atoms with Gasteiger partial charge >= 0.3 is 11.9 Å². The molecule has 116 valence electrons. The fourth-order valence-electron chi connectivity index (χ4n) is 2.63. The molecule has 1 N–H and O–H groups in total. The van der Waals surface area contributed by atoms with Crippen molar-refractivity contribution < 1.29 is 23.9 Å². The third kappa shape index (κ3) is 2.81. The van der Waals surface area contributed by atoms with Gasteiger partial charge in [0.1, 0.15) is 6.04 Å². The van der Waals surface area contributed by atoms with Gasteiger partial charge in [-0.05, 0) is 18.4 Å². The van der Waals surface area contributed by atoms with Crippen molar-refractivity contribution in [1.82, 2.24) is 5.32 Å². The summed E-state index contributed by atoms with van der Waals surface area (Å²) in [6.45, 7) is 0. The van der Waals surface area contributed by atoms with E-state index in [-0.39, 0.29) is 0 Å². The van der Waals surface area contributed by atoms with Gasteiger partial charge in [0.15, 0.2) is 0 Å². The lowest BCUT2D eigenvalue weighted by molar-refractivity contribution is -0.146. The average molecular weight is 303 g/mol. The van der Waals surface area contributed by atoms with Gasteiger partial charge in [0.05, 0.1) is 12.7 Å². The lowest BCUT2D eigenvalue weighted by Crippen LogP contribution is -2.44. The second-order valence-electron chi connectivity index (χ2n) is 5.64. The number of hydrogen-bond donors (Lipinski definition) is 1. The summed E-state index contributed by atoms with van der Waals surface area (Å²) in [6.07, 6.45) is 1.67. The van der Waals surface area contributed by atoms with Gasteiger partial charge < -0.3 is 14.8 Å². The van der Waals surface area contributed by atoms with E-state index in [1.165, 1.54) is 7.11 Å². The molecule has 3 rings (SSSR count). The molecule has 2 atom stereocenters. The summed E-state index contributed by atoms with van der Waals surface area (Å²) in [5.74, 6) is -1.04. The Balaban J connectivity index is 1.73. The summed E-state index contributed by atoms with van der Waals surface area (Å²) in [4.78, 5) is 35.9. The Morgan fingerprint density at radius 3 is 2.77 bits per heavy atom. The SMILES string of the molecule is COC(=O)C(CC1CC1)NC(=O)C1OC(=O)c2ccccc21. The van der Waals surface area contributed by atoms with Crippen LogP contribution in [0.15, 0.2) is 24.3 Å². The first-order valence-corrected chi connectivity index (χ1v) is 7.28. The number of esters is 2. The van der Waals surface area contributed by atoms with Crippen molar-refractivity contribution in [1.29, 1.82) is 0 Å². The lowest BCUT2D eigenvalue weighted by atomic mass is 10.0. The van der Waals surface area contributed by atoms with Crippen molar-refractivity contribution >= 4 is 17.8 Å². The van der Waals surface area contributed by atoms with Gasteiger partial charge in [0.2, 0.25) is 6.10 Å². The van der Waals surface area contributed by atoms with Crippen LogP contribution in [0.3, 0.4) is 0 Å². The van der Waals surface area contributed by atoms with Crippen LogP contribution in [0.2, 0.25) is 0 Å². The van der Waals surface area contributed by atoms with Gasteiger partial charge in [0.25, 0.3) is 5.91 Å². The van der Waals surface area contributed by atoms with Crippen LogP contribution in [-0.2, 0) is 19.1 Å². The molecule has 0 radical (unpaired) electrons. The number of fused-ring (bicyclic) bond motifs is 1. The van der Waals surface area contributed by atoms with Gasteiger partial charge in [0, 0.05) is 5.56 Å². The third-order valence-corrected chi connectivity index (χ3v) is 3.99. The second kappa shape index (κ2) is 5.79. The fourth-order valence-corrected chi connectivity index (χ4v) is 2.63. The Hall–Kier alpha value is -2.37. The molecule has 1 amide bonds. The molecule has 6 heteroatoms. The largest absolute Gasteiger partial charge is 0.467 e. The number of carbonyl (C=O) groups is 3. The second-order valence-corrected chi connectivity index (χ2v) is 5.64. The van der Waals surface area contributed by atoms with Gasteiger partial charge in [-0.25, -0.2) is 9.59 Å². The van der Waals surface area contributed by atoms with E-state index in [1.807, 2.05) is 0 Å². The summed E-state index contributed by atoms with van der Waals surface area (Å²) in [6, 6.07) is 6.05. The van der Waals surface area contributed by atoms with Crippen LogP contribution in [0.25, 0.3) is 0 Å². The molecule has 1 saturated carbocycles. The van der Waals surface area contributed by atoms with Crippen LogP contribution < -0.4 is 5.32 Å². The Morgan fingerprint density at radius 1 is 1.36 bits per heavy atom. The van der Waals surface area contributed by atoms with E-state index in [0.717, 1.165) is 12.8 Å². The number of cyclic esters (lactones) is 1. The van der Waals surface area contributed by atoms with E-state index in [9.17, 15) is 14.4 Å². The number of nitrogens with one attached hydrogen (secondary N) is 1. The highest BCUT2D eigenvalue weighted by atomic mass is 16.6. The van der Waals surface area contributed by atoms with Crippen LogP contribution >= 0.6 is 0 Å². The minimum absolute atomic E-state index is 0.388. The van der Waals surface area contributed by atoms with Crippen molar-refractivity contribution in [3.8, 4) is 0 Å². The Bertz CT molecular complexity index is 623. The van der Waals surface area contributed by atoms with Crippen LogP contribution in [0, 0.1) is 5.92 Å². The molecule has 0 spiro atoms. The van der Waals surface area contributed by atoms with Crippen LogP contribution in [0.4, 0.5) is 0 Å². The molecule has 2 unspecified atom stereocenters. The van der Waals surface area contributed by atoms with Crippen LogP contribution in [-0.4, -0.2) is 31.0 Å². The van der Waals surface area contributed by atoms with E-state index in [0.29, 0.717) is 23.5 Å². The molecule has 0 bridgehead atoms. The first-order valence-electron chi connectivity index (χ1n) is 7.28. The molecule has 0 aromatic heterocycles. The number of amides is 1. The Kier molecular flexibility index (Phi) is 3.83. The monoisotopic (exact) mass is 303 g/mol. The topological polar surface area (TPSA) is 81.7 Å². The van der Waals surface area contributed by atoms with Crippen molar-refractivity contribution in [2.24, 2.45) is 5.92 Å². The molecule has 1 aromatic rings. The van der Waals surface area contributed by atoms with Gasteiger partial charge in [-0.3, -0.25) is 4.79 Å². The normalized spacial score (nSPS) is 20.8. The number of benzene rings is 1. The maximum absolute atomic E-state index is 12.4. The van der Waals surface area contributed by atoms with Crippen molar-refractivity contribution in [2.45, 2.75) is 31.4 Å². The Morgan fingerprint density at radius 2 is 2.09 bits per heavy atom. The summed E-state index contributed by atoms with van der Waals surface area (Å²) in [5.41, 5.74) is 0.916. The first-order chi connectivity index (χ1) is 10.6. The molecule has 1 aliphatic heterocycles. The van der Waals surface area contributed by atoms with Gasteiger partial charge in [-0.2, -0.15) is 0 Å². The lowest BCUT2D eigenvalue weighted by Gasteiger charge is -2.18. The van der Waals surface area contributed by atoms with Crippen molar-refractivity contribution in [2.75, 3.05) is 7.11 Å². The Labute approximate surface area is 127 Å². The summed E-state index contributed by atoms with van der Waals surface area (Å²) in [5, 5.41) is 2.65. The van der Waals surface area contributed by atoms with Gasteiger partial charge in [-0.15, -0.1) is 0 Å². The molecule has 1 aromatic carbocycles. The number of rotatable bonds is 5. The minimum Gasteiger partial charge on any atom is -0.467 e. The highest BCUT2D eigenvalue weighted by Crippen LogP contribution is 2.34. The fraction of sp³-hybridized carbons (Fsp3) is 0.438. The smallest absolute Gasteiger partial charge is 0.339 e. The predicted octanol–water partition coefficient (Wildman–Crippen LogP) is 1.36. The highest BCUT2D eigenvalue weighted by Gasteiger charge is 2.38. The van der Waals surface area contributed by atoms with Gasteiger partial charge in [-0.1, -0.05) is 31.0 Å². The molecular weight excluding hydrogens is 286 g/mol. The number of ether oxygens (including phenoxy) is 2. The van der Waals surface area contributed by atoms with E-state index < -0.39 is 30.0 Å². The molecule has 1 aliphatic carbocycles. The maximum Gasteiger partial charge on any atom is 0.339 e. The zero-order valence-corrected chi connectivity index (χ0v) is 12.2. The number of hydrogen-bond acceptors (Lipinski definition) is 5. The standard InChI is InChI=1S/C16H17NO5/c1-21-16(20)12(8-9-6-7-9)17-14(18)13-10-4-2-3-5-11(10)15(19)22-13/h2-5,9,12-13H,6-8H2,1H3,(H,17,18). The van der Waals surface area contributed by atoms with Crippen molar-refractivity contribution in [3.05, 3.63) is 35.4 Å². The molecule has 6 nitrogen and oxygen atoms in total. The number of carbonyl (C=O) groups excluding carboxylic acids is 3. The zero-order chi connectivity index (χ0) is 15.7. The zero-order valence-electron chi connectivity index (χ0n) is 12.2. The summed E-state index contributed by atoms with van der Waals surface area (Å²) < 4.78 is 9.86. The summed E-state index contributed by atoms with van der Waals surface area (Å²) in [7, 11) is 1.29. The summed E-state index contributed by atoms with van der Waals surface area (Å²) >= 11 is 0. The predicted molar refractivity (Wildman–Crippen MR) is 75.9 cm³/mol. The molecular formula is C16H17NO5. The third-order valence-electron chi connectivity index (χ3n) is 3.99. The molecule has 0 saturated heterocycles. The van der Waals surface area contributed by atoms with Crippen LogP contribution in [0.1, 0.15) is 41.3 Å². The highest BCUT2D eigenvalue weighted by molar-refractivity contribution is 6.00. The molecule has 1 heterocycles. The molecule has 1 fully saturated rings. The van der Waals surface area contributed by atoms with E-state index in [2.05, 4.69) is 5.32 Å². The van der Waals surface area contributed by atoms with E-state index in [4.69, 9.17) is 9.47 Å². The van der Waals surface area contributed by atoms with E-state index in [1.54, 1.807) is 24.3 Å². The maximum atomic E-state index is 12.4. The van der Waals surface area contributed by atoms with Crippen molar-refractivity contribution in [3.63, 3.8) is 0 Å². The van der Waals surface area contributed by atoms with Crippen LogP contribution in [0.5, 0.6) is 0 Å². The molecule has 22 heavy (non-hydrogen) atoms. The minimum atomic E-state index is -1.00. The quantitative estimate of drug-likeness (QED) is 0.831. The average Bonchev–Trinajstić information content (AvgIpc) is 3.28. The molecule has 2 aliphatic rings. The first kappa shape index (κ1) is 14.6. The van der Waals surface area contributed by atoms with E-state index >= 15 is 0 Å². The number of methoxy groups -OCH3 is 1.